The molecule has 1 N–H and O–H groups in total. The molecule has 0 saturated carbocycles. The zero-order valence-electron chi connectivity index (χ0n) is 13.1. The maximum absolute atomic E-state index is 9.69. The number of hydrogen-bond donors (Lipinski definition) is 1. The van der Waals surface area contributed by atoms with Crippen LogP contribution in [0.1, 0.15) is 50.4 Å². The Morgan fingerprint density at radius 1 is 1.29 bits per heavy atom. The molecule has 0 bridgehead atoms. The summed E-state index contributed by atoms with van der Waals surface area (Å²) < 4.78 is 0. The quantitative estimate of drug-likeness (QED) is 0.918. The van der Waals surface area contributed by atoms with E-state index in [2.05, 4.69) is 28.1 Å². The van der Waals surface area contributed by atoms with E-state index in [9.17, 15) is 10.4 Å². The Balaban J connectivity index is 2.27. The molecule has 0 spiro atoms. The Bertz CT molecular complexity index is 528. The highest BCUT2D eigenvalue weighted by molar-refractivity contribution is 5.58. The highest BCUT2D eigenvalue weighted by Gasteiger charge is 2.26. The van der Waals surface area contributed by atoms with Gasteiger partial charge < -0.3 is 10.0 Å². The maximum Gasteiger partial charge on any atom is 0.169 e. The van der Waals surface area contributed by atoms with E-state index in [1.54, 1.807) is 0 Å². The van der Waals surface area contributed by atoms with Crippen LogP contribution in [0, 0.1) is 17.2 Å². The molecule has 2 rings (SSSR count). The number of aromatic nitrogens is 2. The molecule has 5 nitrogen and oxygen atoms in total. The van der Waals surface area contributed by atoms with E-state index in [1.165, 1.54) is 0 Å². The van der Waals surface area contributed by atoms with Gasteiger partial charge in [-0.1, -0.05) is 13.8 Å². The van der Waals surface area contributed by atoms with Crippen LogP contribution in [-0.4, -0.2) is 34.5 Å². The summed E-state index contributed by atoms with van der Waals surface area (Å²) in [6, 6.07) is 2.33. The van der Waals surface area contributed by atoms with Crippen molar-refractivity contribution in [3.63, 3.8) is 0 Å². The van der Waals surface area contributed by atoms with Crippen molar-refractivity contribution < 1.29 is 5.11 Å². The number of aliphatic hydroxyl groups is 1. The van der Waals surface area contributed by atoms with Crippen molar-refractivity contribution >= 4 is 5.82 Å². The number of rotatable bonds is 4. The monoisotopic (exact) mass is 288 g/mol. The van der Waals surface area contributed by atoms with E-state index in [4.69, 9.17) is 0 Å². The minimum absolute atomic E-state index is 0.262. The molecule has 2 heterocycles. The Morgan fingerprint density at radius 2 is 1.95 bits per heavy atom. The molecule has 0 amide bonds. The SMILES string of the molecule is CCc1nnc(N2CCC(C(C)O)CC2)c(C#N)c1CC. The van der Waals surface area contributed by atoms with Crippen LogP contribution in [-0.2, 0) is 12.8 Å². The van der Waals surface area contributed by atoms with Gasteiger partial charge in [0.15, 0.2) is 5.82 Å². The molecule has 0 radical (unpaired) electrons. The number of anilines is 1. The summed E-state index contributed by atoms with van der Waals surface area (Å²) in [5, 5.41) is 27.9. The van der Waals surface area contributed by atoms with E-state index in [-0.39, 0.29) is 6.10 Å². The Kier molecular flexibility index (Phi) is 5.13. The lowest BCUT2D eigenvalue weighted by Crippen LogP contribution is -2.38. The number of hydrogen-bond acceptors (Lipinski definition) is 5. The largest absolute Gasteiger partial charge is 0.393 e. The summed E-state index contributed by atoms with van der Waals surface area (Å²) in [7, 11) is 0. The topological polar surface area (TPSA) is 73.0 Å². The van der Waals surface area contributed by atoms with Gasteiger partial charge in [-0.25, -0.2) is 0 Å². The fraction of sp³-hybridized carbons (Fsp3) is 0.688. The van der Waals surface area contributed by atoms with Crippen LogP contribution >= 0.6 is 0 Å². The van der Waals surface area contributed by atoms with Crippen LogP contribution in [0.15, 0.2) is 0 Å². The normalized spacial score (nSPS) is 17.6. The Hall–Kier alpha value is -1.67. The molecule has 0 aromatic carbocycles. The summed E-state index contributed by atoms with van der Waals surface area (Å²) in [4.78, 5) is 2.14. The molecule has 21 heavy (non-hydrogen) atoms. The number of nitrogens with zero attached hydrogens (tertiary/aromatic N) is 4. The van der Waals surface area contributed by atoms with Gasteiger partial charge in [0.1, 0.15) is 11.6 Å². The summed E-state index contributed by atoms with van der Waals surface area (Å²) in [5.41, 5.74) is 2.64. The molecule has 1 aliphatic rings. The Labute approximate surface area is 126 Å². The average molecular weight is 288 g/mol. The van der Waals surface area contributed by atoms with Crippen molar-refractivity contribution in [1.82, 2.24) is 10.2 Å². The summed E-state index contributed by atoms with van der Waals surface area (Å²) >= 11 is 0. The molecule has 1 unspecified atom stereocenters. The van der Waals surface area contributed by atoms with Crippen LogP contribution < -0.4 is 4.90 Å². The van der Waals surface area contributed by atoms with Crippen molar-refractivity contribution in [2.24, 2.45) is 5.92 Å². The third-order valence-corrected chi connectivity index (χ3v) is 4.46. The minimum atomic E-state index is -0.262. The summed E-state index contributed by atoms with van der Waals surface area (Å²) in [6.07, 6.45) is 3.21. The van der Waals surface area contributed by atoms with Gasteiger partial charge >= 0.3 is 0 Å². The lowest BCUT2D eigenvalue weighted by molar-refractivity contribution is 0.109. The van der Waals surface area contributed by atoms with Crippen molar-refractivity contribution in [3.8, 4) is 6.07 Å². The lowest BCUT2D eigenvalue weighted by atomic mass is 9.92. The standard InChI is InChI=1S/C16H24N4O/c1-4-13-14(10-17)16(19-18-15(13)5-2)20-8-6-12(7-9-20)11(3)21/h11-12,21H,4-9H2,1-3H3. The number of piperidine rings is 1. The van der Waals surface area contributed by atoms with Crippen molar-refractivity contribution in [2.75, 3.05) is 18.0 Å². The smallest absolute Gasteiger partial charge is 0.169 e. The van der Waals surface area contributed by atoms with Crippen molar-refractivity contribution in [2.45, 2.75) is 52.6 Å². The lowest BCUT2D eigenvalue weighted by Gasteiger charge is -2.34. The van der Waals surface area contributed by atoms with Gasteiger partial charge in [0.25, 0.3) is 0 Å². The second-order valence-corrected chi connectivity index (χ2v) is 5.71. The first-order valence-electron chi connectivity index (χ1n) is 7.83. The van der Waals surface area contributed by atoms with Crippen LogP contribution in [0.4, 0.5) is 5.82 Å². The van der Waals surface area contributed by atoms with Gasteiger partial charge in [-0.15, -0.1) is 5.10 Å². The third-order valence-electron chi connectivity index (χ3n) is 4.46. The molecule has 1 fully saturated rings. The molecule has 114 valence electrons. The summed E-state index contributed by atoms with van der Waals surface area (Å²) in [6.45, 7) is 7.60. The second-order valence-electron chi connectivity index (χ2n) is 5.71. The van der Waals surface area contributed by atoms with Crippen molar-refractivity contribution in [3.05, 3.63) is 16.8 Å². The van der Waals surface area contributed by atoms with E-state index >= 15 is 0 Å². The fourth-order valence-corrected chi connectivity index (χ4v) is 3.09. The Morgan fingerprint density at radius 3 is 2.43 bits per heavy atom. The molecule has 1 aliphatic heterocycles. The third kappa shape index (κ3) is 3.16. The molecular weight excluding hydrogens is 264 g/mol. The van der Waals surface area contributed by atoms with Crippen molar-refractivity contribution in [1.29, 1.82) is 5.26 Å². The molecule has 1 atom stereocenters. The molecule has 1 aromatic heterocycles. The molecule has 1 aromatic rings. The second kappa shape index (κ2) is 6.86. The van der Waals surface area contributed by atoms with E-state index in [0.717, 1.165) is 55.8 Å². The maximum atomic E-state index is 9.69. The van der Waals surface area contributed by atoms with E-state index in [0.29, 0.717) is 11.5 Å². The van der Waals surface area contributed by atoms with Crippen LogP contribution in [0.3, 0.4) is 0 Å². The number of aryl methyl sites for hydroxylation is 1. The first kappa shape index (κ1) is 15.7. The number of aliphatic hydroxyl groups excluding tert-OH is 1. The molecular formula is C16H24N4O. The minimum Gasteiger partial charge on any atom is -0.393 e. The van der Waals surface area contributed by atoms with Gasteiger partial charge in [0.05, 0.1) is 11.8 Å². The highest BCUT2D eigenvalue weighted by Crippen LogP contribution is 2.28. The number of nitriles is 1. The zero-order valence-corrected chi connectivity index (χ0v) is 13.1. The molecule has 0 aliphatic carbocycles. The van der Waals surface area contributed by atoms with Gasteiger partial charge in [0.2, 0.25) is 0 Å². The molecule has 1 saturated heterocycles. The summed E-state index contributed by atoms with van der Waals surface area (Å²) in [5.74, 6) is 1.07. The fourth-order valence-electron chi connectivity index (χ4n) is 3.09. The van der Waals surface area contributed by atoms with Crippen LogP contribution in [0.2, 0.25) is 0 Å². The van der Waals surface area contributed by atoms with E-state index in [1.807, 2.05) is 13.8 Å². The highest BCUT2D eigenvalue weighted by atomic mass is 16.3. The zero-order chi connectivity index (χ0) is 15.4. The first-order valence-corrected chi connectivity index (χ1v) is 7.83. The predicted molar refractivity (Wildman–Crippen MR) is 82.1 cm³/mol. The average Bonchev–Trinajstić information content (AvgIpc) is 2.53. The predicted octanol–water partition coefficient (Wildman–Crippen LogP) is 2.07. The van der Waals surface area contributed by atoms with Gasteiger partial charge in [0, 0.05) is 13.1 Å². The van der Waals surface area contributed by atoms with Gasteiger partial charge in [-0.05, 0) is 44.1 Å². The van der Waals surface area contributed by atoms with E-state index < -0.39 is 0 Å². The van der Waals surface area contributed by atoms with Crippen LogP contribution in [0.5, 0.6) is 0 Å². The van der Waals surface area contributed by atoms with Crippen LogP contribution in [0.25, 0.3) is 0 Å². The van der Waals surface area contributed by atoms with Gasteiger partial charge in [-0.2, -0.15) is 10.4 Å². The molecule has 5 heteroatoms. The first-order chi connectivity index (χ1) is 10.1. The van der Waals surface area contributed by atoms with Gasteiger partial charge in [-0.3, -0.25) is 0 Å².